The molecule has 1 unspecified atom stereocenters. The molecule has 0 saturated heterocycles. The predicted octanol–water partition coefficient (Wildman–Crippen LogP) is 7.44. The molecule has 7 heteroatoms. The first-order chi connectivity index (χ1) is 17.7. The second kappa shape index (κ2) is 9.78. The van der Waals surface area contributed by atoms with Crippen molar-refractivity contribution in [3.05, 3.63) is 69.8 Å². The number of rotatable bonds is 6. The van der Waals surface area contributed by atoms with Crippen molar-refractivity contribution < 1.29 is 18.7 Å². The number of pyridine rings is 1. The molecule has 1 amide bonds. The van der Waals surface area contributed by atoms with E-state index in [2.05, 4.69) is 26.1 Å². The summed E-state index contributed by atoms with van der Waals surface area (Å²) in [5, 5.41) is 4.35. The quantitative estimate of drug-likeness (QED) is 0.269. The van der Waals surface area contributed by atoms with Crippen LogP contribution in [-0.4, -0.2) is 24.0 Å². The van der Waals surface area contributed by atoms with Crippen LogP contribution in [0.1, 0.15) is 70.5 Å². The molecular formula is C30H32N2O4S. The minimum Gasteiger partial charge on any atom is -0.465 e. The SMILES string of the molecule is CCC(C)(C)C1CCc2c(sc(NC(=O)c3cc(-c4ccc(C)o4)nc4ccccc34)c2C(=O)OC)C1. The smallest absolute Gasteiger partial charge is 0.341 e. The zero-order chi connectivity index (χ0) is 26.3. The molecule has 1 N–H and O–H groups in total. The van der Waals surface area contributed by atoms with Crippen molar-refractivity contribution in [3.8, 4) is 11.5 Å². The van der Waals surface area contributed by atoms with Gasteiger partial charge in [-0.25, -0.2) is 9.78 Å². The Bertz CT molecular complexity index is 1500. The number of furan rings is 1. The Balaban J connectivity index is 1.55. The zero-order valence-corrected chi connectivity index (χ0v) is 22.8. The summed E-state index contributed by atoms with van der Waals surface area (Å²) in [6, 6.07) is 13.0. The Morgan fingerprint density at radius 2 is 2.00 bits per heavy atom. The number of hydrogen-bond acceptors (Lipinski definition) is 6. The number of nitrogens with one attached hydrogen (secondary N) is 1. The van der Waals surface area contributed by atoms with Crippen LogP contribution in [0.2, 0.25) is 0 Å². The van der Waals surface area contributed by atoms with E-state index in [9.17, 15) is 9.59 Å². The van der Waals surface area contributed by atoms with E-state index in [1.165, 1.54) is 23.3 Å². The number of fused-ring (bicyclic) bond motifs is 2. The molecule has 6 nitrogen and oxygen atoms in total. The fourth-order valence-corrected chi connectivity index (χ4v) is 6.49. The van der Waals surface area contributed by atoms with Crippen LogP contribution >= 0.6 is 11.3 Å². The van der Waals surface area contributed by atoms with Crippen molar-refractivity contribution in [2.45, 2.75) is 53.4 Å². The van der Waals surface area contributed by atoms with Gasteiger partial charge in [0.25, 0.3) is 5.91 Å². The summed E-state index contributed by atoms with van der Waals surface area (Å²) in [6.45, 7) is 8.73. The number of carbonyl (C=O) groups excluding carboxylic acids is 2. The van der Waals surface area contributed by atoms with Gasteiger partial charge in [-0.3, -0.25) is 4.79 Å². The lowest BCUT2D eigenvalue weighted by Crippen LogP contribution is -2.28. The molecule has 1 atom stereocenters. The van der Waals surface area contributed by atoms with Crippen LogP contribution in [0.15, 0.2) is 46.9 Å². The molecule has 0 radical (unpaired) electrons. The average Bonchev–Trinajstić information content (AvgIpc) is 3.50. The highest BCUT2D eigenvalue weighted by molar-refractivity contribution is 7.17. The van der Waals surface area contributed by atoms with Crippen molar-refractivity contribution >= 4 is 39.1 Å². The van der Waals surface area contributed by atoms with E-state index in [1.54, 1.807) is 6.07 Å². The summed E-state index contributed by atoms with van der Waals surface area (Å²) in [5.74, 6) is 1.20. The van der Waals surface area contributed by atoms with Gasteiger partial charge in [0.1, 0.15) is 16.5 Å². The number of thiophene rings is 1. The van der Waals surface area contributed by atoms with Gasteiger partial charge in [-0.1, -0.05) is 45.4 Å². The van der Waals surface area contributed by atoms with E-state index < -0.39 is 5.97 Å². The lowest BCUT2D eigenvalue weighted by Gasteiger charge is -2.36. The van der Waals surface area contributed by atoms with Gasteiger partial charge in [0.15, 0.2) is 5.76 Å². The molecule has 5 rings (SSSR count). The van der Waals surface area contributed by atoms with Gasteiger partial charge in [-0.15, -0.1) is 11.3 Å². The van der Waals surface area contributed by atoms with E-state index in [0.717, 1.165) is 42.4 Å². The molecule has 1 aromatic carbocycles. The Kier molecular flexibility index (Phi) is 6.67. The van der Waals surface area contributed by atoms with E-state index >= 15 is 0 Å². The highest BCUT2D eigenvalue weighted by atomic mass is 32.1. The van der Waals surface area contributed by atoms with Gasteiger partial charge in [0, 0.05) is 10.3 Å². The number of benzene rings is 1. The Labute approximate surface area is 221 Å². The van der Waals surface area contributed by atoms with Crippen molar-refractivity contribution in [3.63, 3.8) is 0 Å². The number of hydrogen-bond donors (Lipinski definition) is 1. The van der Waals surface area contributed by atoms with Crippen LogP contribution in [0.3, 0.4) is 0 Å². The van der Waals surface area contributed by atoms with E-state index in [4.69, 9.17) is 14.1 Å². The fourth-order valence-electron chi connectivity index (χ4n) is 5.18. The Morgan fingerprint density at radius 1 is 1.22 bits per heavy atom. The molecule has 1 aliphatic rings. The first-order valence-corrected chi connectivity index (χ1v) is 13.5. The zero-order valence-electron chi connectivity index (χ0n) is 21.9. The molecule has 0 spiro atoms. The number of nitrogens with zero attached hydrogens (tertiary/aromatic N) is 1. The van der Waals surface area contributed by atoms with Gasteiger partial charge < -0.3 is 14.5 Å². The fraction of sp³-hybridized carbons (Fsp3) is 0.367. The maximum Gasteiger partial charge on any atom is 0.341 e. The van der Waals surface area contributed by atoms with Crippen LogP contribution in [0.25, 0.3) is 22.4 Å². The predicted molar refractivity (Wildman–Crippen MR) is 147 cm³/mol. The number of ether oxygens (including phenoxy) is 1. The minimum absolute atomic E-state index is 0.215. The molecule has 3 aromatic heterocycles. The van der Waals surface area contributed by atoms with Crippen LogP contribution in [0, 0.1) is 18.3 Å². The number of para-hydroxylation sites is 1. The number of methoxy groups -OCH3 is 1. The molecule has 37 heavy (non-hydrogen) atoms. The normalized spacial score (nSPS) is 15.4. The summed E-state index contributed by atoms with van der Waals surface area (Å²) in [5.41, 5.74) is 3.47. The molecule has 0 bridgehead atoms. The highest BCUT2D eigenvalue weighted by Crippen LogP contribution is 2.46. The maximum atomic E-state index is 13.7. The average molecular weight is 517 g/mol. The summed E-state index contributed by atoms with van der Waals surface area (Å²) >= 11 is 1.50. The summed E-state index contributed by atoms with van der Waals surface area (Å²) < 4.78 is 10.9. The number of aryl methyl sites for hydroxylation is 1. The van der Waals surface area contributed by atoms with E-state index in [0.29, 0.717) is 39.0 Å². The maximum absolute atomic E-state index is 13.7. The van der Waals surface area contributed by atoms with E-state index in [-0.39, 0.29) is 11.3 Å². The largest absolute Gasteiger partial charge is 0.465 e. The first-order valence-electron chi connectivity index (χ1n) is 12.7. The lowest BCUT2D eigenvalue weighted by atomic mass is 9.69. The third-order valence-corrected chi connectivity index (χ3v) is 9.02. The van der Waals surface area contributed by atoms with Crippen molar-refractivity contribution in [1.29, 1.82) is 0 Å². The third-order valence-electron chi connectivity index (χ3n) is 7.85. The van der Waals surface area contributed by atoms with Crippen LogP contribution < -0.4 is 5.32 Å². The minimum atomic E-state index is -0.410. The number of aromatic nitrogens is 1. The number of esters is 1. The highest BCUT2D eigenvalue weighted by Gasteiger charge is 2.35. The second-order valence-electron chi connectivity index (χ2n) is 10.4. The lowest BCUT2D eigenvalue weighted by molar-refractivity contribution is 0.0600. The van der Waals surface area contributed by atoms with Crippen molar-refractivity contribution in [1.82, 2.24) is 4.98 Å². The second-order valence-corrected chi connectivity index (χ2v) is 11.5. The standard InChI is InChI=1S/C30H32N2O4S/c1-6-30(3,4)18-12-13-20-25(15-18)37-28(26(20)29(34)35-5)32-27(33)21-16-23(24-14-11-17(2)36-24)31-22-10-8-7-9-19(21)22/h7-11,14,16,18H,6,12-13,15H2,1-5H3,(H,32,33). The number of carbonyl (C=O) groups is 2. The van der Waals surface area contributed by atoms with E-state index in [1.807, 2.05) is 43.3 Å². The third kappa shape index (κ3) is 4.68. The van der Waals surface area contributed by atoms with Crippen LogP contribution in [0.4, 0.5) is 5.00 Å². The van der Waals surface area contributed by atoms with Crippen LogP contribution in [-0.2, 0) is 17.6 Å². The number of anilines is 1. The number of amides is 1. The Morgan fingerprint density at radius 3 is 2.70 bits per heavy atom. The topological polar surface area (TPSA) is 81.4 Å². The monoisotopic (exact) mass is 516 g/mol. The van der Waals surface area contributed by atoms with Crippen LogP contribution in [0.5, 0.6) is 0 Å². The van der Waals surface area contributed by atoms with Crippen molar-refractivity contribution in [2.75, 3.05) is 12.4 Å². The molecular weight excluding hydrogens is 484 g/mol. The Hall–Kier alpha value is -3.45. The molecule has 192 valence electrons. The first kappa shape index (κ1) is 25.2. The molecule has 0 aliphatic heterocycles. The summed E-state index contributed by atoms with van der Waals surface area (Å²) in [4.78, 5) is 32.5. The molecule has 3 heterocycles. The van der Waals surface area contributed by atoms with Gasteiger partial charge in [0.05, 0.1) is 23.8 Å². The van der Waals surface area contributed by atoms with Gasteiger partial charge in [-0.2, -0.15) is 0 Å². The molecule has 0 saturated carbocycles. The van der Waals surface area contributed by atoms with Gasteiger partial charge >= 0.3 is 5.97 Å². The molecule has 4 aromatic rings. The summed E-state index contributed by atoms with van der Waals surface area (Å²) in [6.07, 6.45) is 3.82. The van der Waals surface area contributed by atoms with Gasteiger partial charge in [0.2, 0.25) is 0 Å². The van der Waals surface area contributed by atoms with Crippen molar-refractivity contribution in [2.24, 2.45) is 11.3 Å². The summed E-state index contributed by atoms with van der Waals surface area (Å²) in [7, 11) is 1.39. The molecule has 1 aliphatic carbocycles. The van der Waals surface area contributed by atoms with Gasteiger partial charge in [-0.05, 0) is 67.3 Å². The molecule has 0 fully saturated rings.